The minimum absolute atomic E-state index is 0.0199. The second-order valence-corrected chi connectivity index (χ2v) is 6.59. The summed E-state index contributed by atoms with van der Waals surface area (Å²) in [7, 11) is 1.78. The third-order valence-corrected chi connectivity index (χ3v) is 3.47. The molecule has 0 atom stereocenters. The first-order valence-electron chi connectivity index (χ1n) is 7.53. The van der Waals surface area contributed by atoms with Crippen molar-refractivity contribution in [2.45, 2.75) is 39.8 Å². The van der Waals surface area contributed by atoms with Crippen molar-refractivity contribution in [1.29, 1.82) is 0 Å². The molecule has 0 saturated carbocycles. The Morgan fingerprint density at radius 1 is 1.23 bits per heavy atom. The van der Waals surface area contributed by atoms with Gasteiger partial charge in [0.2, 0.25) is 5.91 Å². The summed E-state index contributed by atoms with van der Waals surface area (Å²) in [6.07, 6.45) is 0. The lowest BCUT2D eigenvalue weighted by Gasteiger charge is -2.24. The zero-order valence-electron chi connectivity index (χ0n) is 14.1. The Balaban J connectivity index is 2.71. The molecule has 0 aliphatic heterocycles. The summed E-state index contributed by atoms with van der Waals surface area (Å²) in [4.78, 5) is 25.7. The van der Waals surface area contributed by atoms with Gasteiger partial charge in [0.25, 0.3) is 5.91 Å². The fourth-order valence-electron chi connectivity index (χ4n) is 1.98. The van der Waals surface area contributed by atoms with Crippen molar-refractivity contribution < 1.29 is 9.59 Å². The first kappa shape index (κ1) is 18.2. The number of amides is 2. The molecule has 0 unspecified atom stereocenters. The van der Waals surface area contributed by atoms with Gasteiger partial charge in [-0.1, -0.05) is 26.0 Å². The number of benzene rings is 1. The molecule has 0 aromatic heterocycles. The quantitative estimate of drug-likeness (QED) is 0.841. The van der Waals surface area contributed by atoms with Crippen molar-refractivity contribution in [1.82, 2.24) is 10.2 Å². The Bertz CT molecular complexity index is 521. The minimum atomic E-state index is -0.431. The molecule has 1 aromatic carbocycles. The number of nitrogens with one attached hydrogen (secondary N) is 1. The van der Waals surface area contributed by atoms with Gasteiger partial charge >= 0.3 is 0 Å². The third kappa shape index (κ3) is 5.15. The molecule has 1 aromatic rings. The minimum Gasteiger partial charge on any atom is -0.346 e. The smallest absolute Gasteiger partial charge is 0.251 e. The Labute approximate surface area is 132 Å². The van der Waals surface area contributed by atoms with E-state index in [4.69, 9.17) is 5.73 Å². The predicted octanol–water partition coefficient (Wildman–Crippen LogP) is 1.77. The molecule has 0 bridgehead atoms. The van der Waals surface area contributed by atoms with Crippen LogP contribution in [-0.2, 0) is 11.3 Å². The van der Waals surface area contributed by atoms with Crippen molar-refractivity contribution in [2.24, 2.45) is 11.7 Å². The molecular weight excluding hydrogens is 278 g/mol. The van der Waals surface area contributed by atoms with E-state index in [1.165, 1.54) is 0 Å². The molecule has 122 valence electrons. The van der Waals surface area contributed by atoms with Crippen LogP contribution in [0.25, 0.3) is 0 Å². The number of rotatable bonds is 6. The number of nitrogens with zero attached hydrogens (tertiary/aromatic N) is 1. The first-order chi connectivity index (χ1) is 10.2. The van der Waals surface area contributed by atoms with Gasteiger partial charge in [0, 0.05) is 37.2 Å². The molecular formula is C17H27N3O2. The van der Waals surface area contributed by atoms with Gasteiger partial charge in [-0.25, -0.2) is 0 Å². The maximum Gasteiger partial charge on any atom is 0.251 e. The number of hydrogen-bond acceptors (Lipinski definition) is 3. The summed E-state index contributed by atoms with van der Waals surface area (Å²) in [5.41, 5.74) is 6.76. The SMILES string of the molecule is CC(C)C(=O)N(C)Cc1ccc(C(=O)NC(C)(C)CN)cc1. The standard InChI is InChI=1S/C17H27N3O2/c1-12(2)16(22)20(5)10-13-6-8-14(9-7-13)15(21)19-17(3,4)11-18/h6-9,12H,10-11,18H2,1-5H3,(H,19,21). The fraction of sp³-hybridized carbons (Fsp3) is 0.529. The van der Waals surface area contributed by atoms with E-state index in [0.717, 1.165) is 5.56 Å². The summed E-state index contributed by atoms with van der Waals surface area (Å²) in [5.74, 6) is -0.0614. The van der Waals surface area contributed by atoms with Gasteiger partial charge in [-0.15, -0.1) is 0 Å². The van der Waals surface area contributed by atoms with Gasteiger partial charge in [0.05, 0.1) is 0 Å². The van der Waals surface area contributed by atoms with Crippen molar-refractivity contribution in [2.75, 3.05) is 13.6 Å². The van der Waals surface area contributed by atoms with E-state index in [2.05, 4.69) is 5.32 Å². The Hall–Kier alpha value is -1.88. The van der Waals surface area contributed by atoms with Crippen molar-refractivity contribution in [3.63, 3.8) is 0 Å². The van der Waals surface area contributed by atoms with E-state index in [1.807, 2.05) is 39.8 Å². The van der Waals surface area contributed by atoms with Gasteiger partial charge < -0.3 is 16.0 Å². The van der Waals surface area contributed by atoms with E-state index in [0.29, 0.717) is 18.7 Å². The molecule has 22 heavy (non-hydrogen) atoms. The highest BCUT2D eigenvalue weighted by Crippen LogP contribution is 2.10. The van der Waals surface area contributed by atoms with Crippen LogP contribution < -0.4 is 11.1 Å². The van der Waals surface area contributed by atoms with Gasteiger partial charge in [0.15, 0.2) is 0 Å². The maximum absolute atomic E-state index is 12.1. The molecule has 2 amide bonds. The van der Waals surface area contributed by atoms with Crippen LogP contribution in [0.15, 0.2) is 24.3 Å². The number of hydrogen-bond donors (Lipinski definition) is 2. The molecule has 0 radical (unpaired) electrons. The lowest BCUT2D eigenvalue weighted by molar-refractivity contribution is -0.133. The Kier molecular flexibility index (Phi) is 6.11. The molecule has 5 nitrogen and oxygen atoms in total. The van der Waals surface area contributed by atoms with Gasteiger partial charge in [0.1, 0.15) is 0 Å². The average molecular weight is 305 g/mol. The molecule has 0 heterocycles. The van der Waals surface area contributed by atoms with Crippen molar-refractivity contribution in [3.05, 3.63) is 35.4 Å². The largest absolute Gasteiger partial charge is 0.346 e. The second-order valence-electron chi connectivity index (χ2n) is 6.59. The topological polar surface area (TPSA) is 75.4 Å². The lowest BCUT2D eigenvalue weighted by atomic mass is 10.0. The number of nitrogens with two attached hydrogens (primary N) is 1. The maximum atomic E-state index is 12.1. The molecule has 0 aliphatic carbocycles. The van der Waals surface area contributed by atoms with Crippen LogP contribution in [0.4, 0.5) is 0 Å². The highest BCUT2D eigenvalue weighted by atomic mass is 16.2. The third-order valence-electron chi connectivity index (χ3n) is 3.47. The van der Waals surface area contributed by atoms with Crippen LogP contribution in [0.3, 0.4) is 0 Å². The summed E-state index contributed by atoms with van der Waals surface area (Å²) in [6, 6.07) is 7.28. The monoisotopic (exact) mass is 305 g/mol. The van der Waals surface area contributed by atoms with Crippen LogP contribution in [0.2, 0.25) is 0 Å². The fourth-order valence-corrected chi connectivity index (χ4v) is 1.98. The van der Waals surface area contributed by atoms with Crippen LogP contribution in [0.1, 0.15) is 43.6 Å². The summed E-state index contributed by atoms with van der Waals surface area (Å²) < 4.78 is 0. The molecule has 0 fully saturated rings. The van der Waals surface area contributed by atoms with Crippen molar-refractivity contribution in [3.8, 4) is 0 Å². The van der Waals surface area contributed by atoms with Crippen molar-refractivity contribution >= 4 is 11.8 Å². The molecule has 0 aliphatic rings. The molecule has 5 heteroatoms. The van der Waals surface area contributed by atoms with Crippen LogP contribution in [-0.4, -0.2) is 35.8 Å². The number of carbonyl (C=O) groups is 2. The Morgan fingerprint density at radius 3 is 2.23 bits per heavy atom. The highest BCUT2D eigenvalue weighted by molar-refractivity contribution is 5.94. The Morgan fingerprint density at radius 2 is 1.77 bits per heavy atom. The average Bonchev–Trinajstić information content (AvgIpc) is 2.46. The summed E-state index contributed by atoms with van der Waals surface area (Å²) in [6.45, 7) is 8.43. The van der Waals surface area contributed by atoms with Crippen LogP contribution >= 0.6 is 0 Å². The van der Waals surface area contributed by atoms with Crippen LogP contribution in [0.5, 0.6) is 0 Å². The van der Waals surface area contributed by atoms with E-state index in [-0.39, 0.29) is 17.7 Å². The van der Waals surface area contributed by atoms with E-state index in [1.54, 1.807) is 24.1 Å². The summed E-state index contributed by atoms with van der Waals surface area (Å²) >= 11 is 0. The molecule has 0 saturated heterocycles. The van der Waals surface area contributed by atoms with E-state index in [9.17, 15) is 9.59 Å². The van der Waals surface area contributed by atoms with Gasteiger partial charge in [-0.2, -0.15) is 0 Å². The normalized spacial score (nSPS) is 11.4. The van der Waals surface area contributed by atoms with Crippen LogP contribution in [0, 0.1) is 5.92 Å². The second kappa shape index (κ2) is 7.40. The van der Waals surface area contributed by atoms with E-state index >= 15 is 0 Å². The molecule has 3 N–H and O–H groups in total. The molecule has 0 spiro atoms. The zero-order chi connectivity index (χ0) is 16.9. The van der Waals surface area contributed by atoms with E-state index < -0.39 is 5.54 Å². The zero-order valence-corrected chi connectivity index (χ0v) is 14.1. The lowest BCUT2D eigenvalue weighted by Crippen LogP contribution is -2.48. The summed E-state index contributed by atoms with van der Waals surface area (Å²) in [5, 5.41) is 2.89. The predicted molar refractivity (Wildman–Crippen MR) is 88.4 cm³/mol. The van der Waals surface area contributed by atoms with Gasteiger partial charge in [-0.3, -0.25) is 9.59 Å². The van der Waals surface area contributed by atoms with Gasteiger partial charge in [-0.05, 0) is 31.5 Å². The highest BCUT2D eigenvalue weighted by Gasteiger charge is 2.19. The molecule has 1 rings (SSSR count). The number of carbonyl (C=O) groups excluding carboxylic acids is 2. The first-order valence-corrected chi connectivity index (χ1v) is 7.53.